The fraction of sp³-hybridized carbons (Fsp3) is 0.750. The Morgan fingerprint density at radius 2 is 1.91 bits per heavy atom. The molecule has 2 N–H and O–H groups in total. The molecule has 0 unspecified atom stereocenters. The number of rotatable bonds is 10. The summed E-state index contributed by atoms with van der Waals surface area (Å²) in [6.07, 6.45) is 4.45. The molecule has 0 spiro atoms. The van der Waals surface area contributed by atoms with Gasteiger partial charge in [-0.15, -0.1) is 0 Å². The third-order valence-corrected chi connectivity index (χ3v) is 3.48. The van der Waals surface area contributed by atoms with Crippen molar-refractivity contribution in [1.29, 1.82) is 0 Å². The second-order valence-electron chi connectivity index (χ2n) is 5.48. The summed E-state index contributed by atoms with van der Waals surface area (Å²) in [5.41, 5.74) is 2.30. The summed E-state index contributed by atoms with van der Waals surface area (Å²) in [5.74, 6) is 0.875. The molecule has 22 heavy (non-hydrogen) atoms. The summed E-state index contributed by atoms with van der Waals surface area (Å²) in [6.45, 7) is 7.74. The van der Waals surface area contributed by atoms with Crippen molar-refractivity contribution in [1.82, 2.24) is 20.4 Å². The Morgan fingerprint density at radius 3 is 2.50 bits per heavy atom. The highest BCUT2D eigenvalue weighted by molar-refractivity contribution is 5.79. The van der Waals surface area contributed by atoms with Crippen LogP contribution in [0.5, 0.6) is 0 Å². The standard InChI is InChI=1S/C16H31N5O/c1-14-13-15(2)21(20-14)11-8-10-19-16(17-3)18-9-6-5-7-12-22-4/h13H,5-12H2,1-4H3,(H2,17,18,19). The maximum Gasteiger partial charge on any atom is 0.190 e. The Hall–Kier alpha value is -1.56. The first-order chi connectivity index (χ1) is 10.7. The van der Waals surface area contributed by atoms with Gasteiger partial charge in [-0.3, -0.25) is 9.67 Å². The number of aromatic nitrogens is 2. The number of hydrogen-bond acceptors (Lipinski definition) is 3. The Balaban J connectivity index is 2.10. The Kier molecular flexibility index (Phi) is 9.30. The SMILES string of the molecule is CN=C(NCCCCCOC)NCCCn1nc(C)cc1C. The summed E-state index contributed by atoms with van der Waals surface area (Å²) >= 11 is 0. The molecule has 1 rings (SSSR count). The molecule has 1 heterocycles. The number of guanidine groups is 1. The van der Waals surface area contributed by atoms with Gasteiger partial charge in [0.25, 0.3) is 0 Å². The van der Waals surface area contributed by atoms with Crippen LogP contribution in [0.2, 0.25) is 0 Å². The Morgan fingerprint density at radius 1 is 1.18 bits per heavy atom. The van der Waals surface area contributed by atoms with Gasteiger partial charge in [-0.1, -0.05) is 0 Å². The van der Waals surface area contributed by atoms with Gasteiger partial charge in [-0.2, -0.15) is 5.10 Å². The molecular formula is C16H31N5O. The lowest BCUT2D eigenvalue weighted by Crippen LogP contribution is -2.38. The molecule has 1 aromatic heterocycles. The molecule has 0 aromatic carbocycles. The first-order valence-corrected chi connectivity index (χ1v) is 8.12. The molecule has 6 nitrogen and oxygen atoms in total. The number of unbranched alkanes of at least 4 members (excludes halogenated alkanes) is 2. The van der Waals surface area contributed by atoms with Crippen molar-refractivity contribution in [2.75, 3.05) is 33.9 Å². The van der Waals surface area contributed by atoms with Gasteiger partial charge < -0.3 is 15.4 Å². The lowest BCUT2D eigenvalue weighted by atomic mass is 10.2. The monoisotopic (exact) mass is 309 g/mol. The average Bonchev–Trinajstić information content (AvgIpc) is 2.82. The molecule has 0 bridgehead atoms. The van der Waals surface area contributed by atoms with Crippen molar-refractivity contribution in [3.63, 3.8) is 0 Å². The molecule has 0 aliphatic heterocycles. The molecule has 0 aliphatic rings. The summed E-state index contributed by atoms with van der Waals surface area (Å²) in [6, 6.07) is 2.11. The minimum absolute atomic E-state index is 0.847. The highest BCUT2D eigenvalue weighted by Gasteiger charge is 2.01. The van der Waals surface area contributed by atoms with Crippen LogP contribution < -0.4 is 10.6 Å². The van der Waals surface area contributed by atoms with Gasteiger partial charge in [0.1, 0.15) is 0 Å². The van der Waals surface area contributed by atoms with Crippen molar-refractivity contribution in [2.24, 2.45) is 4.99 Å². The third kappa shape index (κ3) is 7.45. The lowest BCUT2D eigenvalue weighted by Gasteiger charge is -2.12. The zero-order chi connectivity index (χ0) is 16.2. The summed E-state index contributed by atoms with van der Waals surface area (Å²) < 4.78 is 7.10. The van der Waals surface area contributed by atoms with Crippen LogP contribution in [0.1, 0.15) is 37.1 Å². The molecule has 1 aromatic rings. The molecule has 0 radical (unpaired) electrons. The van der Waals surface area contributed by atoms with Gasteiger partial charge >= 0.3 is 0 Å². The second-order valence-corrected chi connectivity index (χ2v) is 5.48. The number of methoxy groups -OCH3 is 1. The van der Waals surface area contributed by atoms with Crippen LogP contribution in [0, 0.1) is 13.8 Å². The molecule has 0 amide bonds. The van der Waals surface area contributed by atoms with Crippen LogP contribution in [-0.4, -0.2) is 49.6 Å². The molecule has 0 saturated carbocycles. The predicted octanol–water partition coefficient (Wildman–Crippen LogP) is 1.87. The lowest BCUT2D eigenvalue weighted by molar-refractivity contribution is 0.192. The van der Waals surface area contributed by atoms with E-state index in [-0.39, 0.29) is 0 Å². The van der Waals surface area contributed by atoms with E-state index in [2.05, 4.69) is 38.4 Å². The third-order valence-electron chi connectivity index (χ3n) is 3.48. The Bertz CT molecular complexity index is 442. The van der Waals surface area contributed by atoms with Gasteiger partial charge in [0.05, 0.1) is 5.69 Å². The van der Waals surface area contributed by atoms with Gasteiger partial charge in [0, 0.05) is 46.1 Å². The topological polar surface area (TPSA) is 63.5 Å². The van der Waals surface area contributed by atoms with Crippen molar-refractivity contribution in [3.05, 3.63) is 17.5 Å². The van der Waals surface area contributed by atoms with Crippen molar-refractivity contribution in [2.45, 2.75) is 46.1 Å². The van der Waals surface area contributed by atoms with E-state index in [9.17, 15) is 0 Å². The van der Waals surface area contributed by atoms with Crippen LogP contribution in [-0.2, 0) is 11.3 Å². The second kappa shape index (κ2) is 11.1. The van der Waals surface area contributed by atoms with E-state index >= 15 is 0 Å². The minimum atomic E-state index is 0.847. The molecule has 0 saturated heterocycles. The van der Waals surface area contributed by atoms with Crippen LogP contribution in [0.15, 0.2) is 11.1 Å². The van der Waals surface area contributed by atoms with Crippen LogP contribution in [0.4, 0.5) is 0 Å². The average molecular weight is 309 g/mol. The normalized spacial score (nSPS) is 11.7. The van der Waals surface area contributed by atoms with Gasteiger partial charge in [-0.05, 0) is 45.6 Å². The fourth-order valence-corrected chi connectivity index (χ4v) is 2.31. The number of aryl methyl sites for hydroxylation is 3. The molecule has 0 atom stereocenters. The predicted molar refractivity (Wildman–Crippen MR) is 91.4 cm³/mol. The number of hydrogen-bond donors (Lipinski definition) is 2. The van der Waals surface area contributed by atoms with E-state index in [1.165, 1.54) is 12.1 Å². The van der Waals surface area contributed by atoms with E-state index in [1.807, 2.05) is 6.92 Å². The molecule has 6 heteroatoms. The molecule has 0 aliphatic carbocycles. The van der Waals surface area contributed by atoms with E-state index in [0.29, 0.717) is 0 Å². The highest BCUT2D eigenvalue weighted by atomic mass is 16.5. The maximum atomic E-state index is 5.04. The minimum Gasteiger partial charge on any atom is -0.385 e. The molecule has 126 valence electrons. The van der Waals surface area contributed by atoms with Crippen LogP contribution in [0.25, 0.3) is 0 Å². The quantitative estimate of drug-likeness (QED) is 0.393. The van der Waals surface area contributed by atoms with Crippen molar-refractivity contribution < 1.29 is 4.74 Å². The van der Waals surface area contributed by atoms with Gasteiger partial charge in [0.2, 0.25) is 0 Å². The summed E-state index contributed by atoms with van der Waals surface area (Å²) in [5, 5.41) is 11.1. The van der Waals surface area contributed by atoms with E-state index in [1.54, 1.807) is 14.2 Å². The van der Waals surface area contributed by atoms with Crippen molar-refractivity contribution >= 4 is 5.96 Å². The molecular weight excluding hydrogens is 278 g/mol. The van der Waals surface area contributed by atoms with Gasteiger partial charge in [0.15, 0.2) is 5.96 Å². The zero-order valence-corrected chi connectivity index (χ0v) is 14.5. The zero-order valence-electron chi connectivity index (χ0n) is 14.5. The summed E-state index contributed by atoms with van der Waals surface area (Å²) in [7, 11) is 3.55. The van der Waals surface area contributed by atoms with Crippen molar-refractivity contribution in [3.8, 4) is 0 Å². The number of aliphatic imine (C=N–C) groups is 1. The van der Waals surface area contributed by atoms with Crippen LogP contribution >= 0.6 is 0 Å². The number of ether oxygens (including phenoxy) is 1. The number of nitrogens with zero attached hydrogens (tertiary/aromatic N) is 3. The fourth-order valence-electron chi connectivity index (χ4n) is 2.31. The first kappa shape index (κ1) is 18.5. The van der Waals surface area contributed by atoms with E-state index in [4.69, 9.17) is 4.74 Å². The smallest absolute Gasteiger partial charge is 0.190 e. The first-order valence-electron chi connectivity index (χ1n) is 8.12. The van der Waals surface area contributed by atoms with E-state index in [0.717, 1.165) is 57.2 Å². The molecule has 0 fully saturated rings. The Labute approximate surface area is 134 Å². The van der Waals surface area contributed by atoms with Gasteiger partial charge in [-0.25, -0.2) is 0 Å². The van der Waals surface area contributed by atoms with E-state index < -0.39 is 0 Å². The van der Waals surface area contributed by atoms with Crippen LogP contribution in [0.3, 0.4) is 0 Å². The summed E-state index contributed by atoms with van der Waals surface area (Å²) in [4.78, 5) is 4.24. The maximum absolute atomic E-state index is 5.04. The highest BCUT2D eigenvalue weighted by Crippen LogP contribution is 2.02. The number of nitrogens with one attached hydrogen (secondary N) is 2. The largest absolute Gasteiger partial charge is 0.385 e.